The molecule has 0 spiro atoms. The monoisotopic (exact) mass is 330 g/mol. The molecule has 1 nitrogen and oxygen atoms in total. The van der Waals surface area contributed by atoms with Crippen molar-refractivity contribution in [1.29, 1.82) is 0 Å². The van der Waals surface area contributed by atoms with Crippen LogP contribution >= 0.6 is 22.6 Å². The molecule has 84 valence electrons. The number of hydrogen-bond donors (Lipinski definition) is 0. The van der Waals surface area contributed by atoms with Crippen molar-refractivity contribution in [3.05, 3.63) is 29.8 Å². The molecule has 1 rings (SSSR count). The van der Waals surface area contributed by atoms with Crippen LogP contribution in [0.4, 0.5) is 13.2 Å². The minimum atomic E-state index is -4.28. The molecular formula is C10H10F3IO. The van der Waals surface area contributed by atoms with Crippen LogP contribution in [0, 0.1) is 0 Å². The predicted molar refractivity (Wildman–Crippen MR) is 60.4 cm³/mol. The smallest absolute Gasteiger partial charge is 0.422 e. The molecule has 0 saturated carbocycles. The molecule has 0 aromatic heterocycles. The van der Waals surface area contributed by atoms with E-state index in [-0.39, 0.29) is 5.75 Å². The first-order chi connectivity index (χ1) is 6.88. The van der Waals surface area contributed by atoms with Gasteiger partial charge in [-0.05, 0) is 24.6 Å². The first kappa shape index (κ1) is 12.6. The van der Waals surface area contributed by atoms with E-state index in [4.69, 9.17) is 0 Å². The minimum absolute atomic E-state index is 0.244. The third-order valence-electron chi connectivity index (χ3n) is 1.74. The average molecular weight is 330 g/mol. The summed E-state index contributed by atoms with van der Waals surface area (Å²) in [4.78, 5) is 0. The largest absolute Gasteiger partial charge is 0.484 e. The lowest BCUT2D eigenvalue weighted by Gasteiger charge is -2.10. The predicted octanol–water partition coefficient (Wildman–Crippen LogP) is 4.12. The highest BCUT2D eigenvalue weighted by Gasteiger charge is 2.28. The Kier molecular flexibility index (Phi) is 4.24. The molecule has 15 heavy (non-hydrogen) atoms. The molecule has 0 fully saturated rings. The zero-order chi connectivity index (χ0) is 11.5. The Hall–Kier alpha value is -0.460. The summed E-state index contributed by atoms with van der Waals surface area (Å²) in [5.41, 5.74) is 1.06. The molecule has 0 aliphatic rings. The Bertz CT molecular complexity index is 305. The summed E-state index contributed by atoms with van der Waals surface area (Å²) in [6.07, 6.45) is -4.28. The highest BCUT2D eigenvalue weighted by molar-refractivity contribution is 14.1. The van der Waals surface area contributed by atoms with Crippen LogP contribution in [-0.2, 0) is 0 Å². The van der Waals surface area contributed by atoms with Gasteiger partial charge in [0.05, 0.1) is 0 Å². The lowest BCUT2D eigenvalue weighted by molar-refractivity contribution is -0.153. The number of ether oxygens (including phenoxy) is 1. The minimum Gasteiger partial charge on any atom is -0.484 e. The zero-order valence-corrected chi connectivity index (χ0v) is 10.2. The second-order valence-electron chi connectivity index (χ2n) is 3.09. The molecule has 1 aromatic carbocycles. The van der Waals surface area contributed by atoms with Crippen molar-refractivity contribution in [2.75, 3.05) is 6.61 Å². The van der Waals surface area contributed by atoms with E-state index in [1.54, 1.807) is 24.3 Å². The van der Waals surface area contributed by atoms with E-state index in [0.29, 0.717) is 3.92 Å². The van der Waals surface area contributed by atoms with Gasteiger partial charge in [-0.3, -0.25) is 0 Å². The van der Waals surface area contributed by atoms with E-state index >= 15 is 0 Å². The van der Waals surface area contributed by atoms with Crippen molar-refractivity contribution in [2.24, 2.45) is 0 Å². The zero-order valence-electron chi connectivity index (χ0n) is 8.01. The normalized spacial score (nSPS) is 13.7. The highest BCUT2D eigenvalue weighted by Crippen LogP contribution is 2.25. The summed E-state index contributed by atoms with van der Waals surface area (Å²) in [6, 6.07) is 6.64. The third-order valence-corrected chi connectivity index (χ3v) is 2.46. The maximum atomic E-state index is 11.8. The Morgan fingerprint density at radius 1 is 1.27 bits per heavy atom. The molecule has 0 saturated heterocycles. The molecule has 0 aliphatic heterocycles. The van der Waals surface area contributed by atoms with Crippen molar-refractivity contribution in [3.8, 4) is 5.75 Å². The number of rotatable bonds is 3. The second kappa shape index (κ2) is 5.05. The van der Waals surface area contributed by atoms with E-state index in [9.17, 15) is 13.2 Å². The van der Waals surface area contributed by atoms with Crippen LogP contribution in [0.25, 0.3) is 0 Å². The lowest BCUT2D eigenvalue weighted by Crippen LogP contribution is -2.19. The summed E-state index contributed by atoms with van der Waals surface area (Å²) >= 11 is 2.23. The van der Waals surface area contributed by atoms with Gasteiger partial charge in [0.1, 0.15) is 5.75 Å². The van der Waals surface area contributed by atoms with E-state index < -0.39 is 12.8 Å². The number of hydrogen-bond acceptors (Lipinski definition) is 1. The van der Waals surface area contributed by atoms with Crippen LogP contribution in [0.5, 0.6) is 5.75 Å². The Labute approximate surface area is 99.8 Å². The summed E-state index contributed by atoms with van der Waals surface area (Å²) < 4.78 is 40.4. The third kappa shape index (κ3) is 4.72. The van der Waals surface area contributed by atoms with Gasteiger partial charge < -0.3 is 4.74 Å². The van der Waals surface area contributed by atoms with Crippen LogP contribution in [0.1, 0.15) is 16.4 Å². The molecule has 0 bridgehead atoms. The fraction of sp³-hybridized carbons (Fsp3) is 0.400. The van der Waals surface area contributed by atoms with Gasteiger partial charge in [0, 0.05) is 3.92 Å². The first-order valence-corrected chi connectivity index (χ1v) is 5.56. The summed E-state index contributed by atoms with van der Waals surface area (Å²) in [5.74, 6) is 0.244. The van der Waals surface area contributed by atoms with Gasteiger partial charge in [-0.25, -0.2) is 0 Å². The Balaban J connectivity index is 2.57. The van der Waals surface area contributed by atoms with Crippen molar-refractivity contribution < 1.29 is 17.9 Å². The lowest BCUT2D eigenvalue weighted by atomic mass is 10.2. The summed E-state index contributed by atoms with van der Waals surface area (Å²) in [5, 5.41) is 0. The highest BCUT2D eigenvalue weighted by atomic mass is 127. The fourth-order valence-corrected chi connectivity index (χ4v) is 1.41. The second-order valence-corrected chi connectivity index (χ2v) is 4.96. The van der Waals surface area contributed by atoms with Crippen molar-refractivity contribution in [1.82, 2.24) is 0 Å². The van der Waals surface area contributed by atoms with Crippen LogP contribution in [0.3, 0.4) is 0 Å². The van der Waals surface area contributed by atoms with E-state index in [0.717, 1.165) is 5.56 Å². The molecule has 1 atom stereocenters. The van der Waals surface area contributed by atoms with E-state index in [1.165, 1.54) is 0 Å². The van der Waals surface area contributed by atoms with Gasteiger partial charge in [0.2, 0.25) is 0 Å². The molecule has 5 heteroatoms. The Morgan fingerprint density at radius 3 is 2.20 bits per heavy atom. The fourth-order valence-electron chi connectivity index (χ4n) is 0.994. The van der Waals surface area contributed by atoms with Crippen molar-refractivity contribution >= 4 is 22.6 Å². The number of halogens is 4. The van der Waals surface area contributed by atoms with Gasteiger partial charge in [0.25, 0.3) is 0 Å². The van der Waals surface area contributed by atoms with Crippen molar-refractivity contribution in [2.45, 2.75) is 17.0 Å². The average Bonchev–Trinajstić information content (AvgIpc) is 2.14. The van der Waals surface area contributed by atoms with Gasteiger partial charge >= 0.3 is 6.18 Å². The molecule has 0 amide bonds. The quantitative estimate of drug-likeness (QED) is 0.598. The summed E-state index contributed by atoms with van der Waals surface area (Å²) in [6.45, 7) is 0.762. The van der Waals surface area contributed by atoms with Gasteiger partial charge in [0.15, 0.2) is 6.61 Å². The van der Waals surface area contributed by atoms with Crippen LogP contribution in [0.15, 0.2) is 24.3 Å². The van der Waals surface area contributed by atoms with Crippen molar-refractivity contribution in [3.63, 3.8) is 0 Å². The molecule has 0 N–H and O–H groups in total. The van der Waals surface area contributed by atoms with Crippen LogP contribution in [0.2, 0.25) is 0 Å². The molecule has 0 heterocycles. The first-order valence-electron chi connectivity index (χ1n) is 4.32. The van der Waals surface area contributed by atoms with E-state index in [1.807, 2.05) is 6.92 Å². The topological polar surface area (TPSA) is 9.23 Å². The molecule has 0 aliphatic carbocycles. The maximum Gasteiger partial charge on any atom is 0.422 e. The summed E-state index contributed by atoms with van der Waals surface area (Å²) in [7, 11) is 0. The van der Waals surface area contributed by atoms with Gasteiger partial charge in [-0.15, -0.1) is 0 Å². The van der Waals surface area contributed by atoms with Gasteiger partial charge in [-0.1, -0.05) is 34.7 Å². The molecular weight excluding hydrogens is 320 g/mol. The SMILES string of the molecule is CC(I)c1ccc(OCC(F)(F)F)cc1. The van der Waals surface area contributed by atoms with Crippen LogP contribution < -0.4 is 4.74 Å². The molecule has 1 aromatic rings. The van der Waals surface area contributed by atoms with Gasteiger partial charge in [-0.2, -0.15) is 13.2 Å². The maximum absolute atomic E-state index is 11.8. The standard InChI is InChI=1S/C10H10F3IO/c1-7(14)8-2-4-9(5-3-8)15-6-10(11,12)13/h2-5,7H,6H2,1H3. The van der Waals surface area contributed by atoms with E-state index in [2.05, 4.69) is 27.3 Å². The Morgan fingerprint density at radius 2 is 1.80 bits per heavy atom. The molecule has 0 radical (unpaired) electrons. The van der Waals surface area contributed by atoms with Crippen LogP contribution in [-0.4, -0.2) is 12.8 Å². The molecule has 1 unspecified atom stereocenters. The number of alkyl halides is 4. The number of benzene rings is 1.